The Hall–Kier alpha value is -1.30. The number of hydrogen-bond acceptors (Lipinski definition) is 6. The van der Waals surface area contributed by atoms with Gasteiger partial charge in [-0.1, -0.05) is 5.16 Å². The van der Waals surface area contributed by atoms with E-state index in [2.05, 4.69) is 15.4 Å². The third kappa shape index (κ3) is 2.44. The van der Waals surface area contributed by atoms with E-state index in [1.807, 2.05) is 13.8 Å². The van der Waals surface area contributed by atoms with Gasteiger partial charge in [0.05, 0.1) is 11.4 Å². The van der Waals surface area contributed by atoms with Crippen LogP contribution in [0.1, 0.15) is 28.8 Å². The number of rotatable bonds is 4. The second kappa shape index (κ2) is 4.69. The molecule has 6 heteroatoms. The Morgan fingerprint density at radius 3 is 2.50 bits per heavy atom. The molecule has 0 amide bonds. The predicted octanol–water partition coefficient (Wildman–Crippen LogP) is 2.42. The van der Waals surface area contributed by atoms with Gasteiger partial charge >= 0.3 is 0 Å². The number of aryl methyl sites for hydroxylation is 3. The van der Waals surface area contributed by atoms with Gasteiger partial charge in [0.15, 0.2) is 0 Å². The molecular weight excluding hydrogens is 226 g/mol. The van der Waals surface area contributed by atoms with E-state index in [1.54, 1.807) is 18.7 Å². The molecule has 2 rings (SSSR count). The molecule has 0 saturated carbocycles. The maximum Gasteiger partial charge on any atom is 0.226 e. The third-order valence-corrected chi connectivity index (χ3v) is 3.16. The molecule has 0 aliphatic carbocycles. The first kappa shape index (κ1) is 11.2. The van der Waals surface area contributed by atoms with Crippen LogP contribution in [0, 0.1) is 20.8 Å². The minimum absolute atomic E-state index is 0.605. The molecule has 2 aromatic rings. The Morgan fingerprint density at radius 1 is 1.12 bits per heavy atom. The summed E-state index contributed by atoms with van der Waals surface area (Å²) in [6.07, 6.45) is 0. The van der Waals surface area contributed by atoms with Crippen LogP contribution in [0.4, 0.5) is 0 Å². The second-order valence-electron chi connectivity index (χ2n) is 3.51. The first-order valence-corrected chi connectivity index (χ1v) is 6.10. The normalized spacial score (nSPS) is 10.9. The van der Waals surface area contributed by atoms with E-state index in [9.17, 15) is 0 Å². The average Bonchev–Trinajstić information content (AvgIpc) is 2.78. The molecule has 0 aliphatic heterocycles. The van der Waals surface area contributed by atoms with Crippen molar-refractivity contribution < 1.29 is 8.94 Å². The van der Waals surface area contributed by atoms with Crippen molar-refractivity contribution in [2.45, 2.75) is 32.3 Å². The van der Waals surface area contributed by atoms with E-state index in [-0.39, 0.29) is 0 Å². The number of hydrogen-bond donors (Lipinski definition) is 0. The Balaban J connectivity index is 1.89. The molecule has 5 nitrogen and oxygen atoms in total. The van der Waals surface area contributed by atoms with Crippen molar-refractivity contribution in [1.82, 2.24) is 15.4 Å². The monoisotopic (exact) mass is 239 g/mol. The standard InChI is InChI=1S/C10H13N3O2S/c1-6-9(7(2)15-13-6)4-16-5-10-12-11-8(3)14-10/h4-5H2,1-3H3. The lowest BCUT2D eigenvalue weighted by molar-refractivity contribution is 0.392. The van der Waals surface area contributed by atoms with Crippen LogP contribution >= 0.6 is 11.8 Å². The average molecular weight is 239 g/mol. The molecule has 0 aromatic carbocycles. The van der Waals surface area contributed by atoms with E-state index in [1.165, 1.54) is 0 Å². The van der Waals surface area contributed by atoms with Crippen LogP contribution in [-0.2, 0) is 11.5 Å². The lowest BCUT2D eigenvalue weighted by Gasteiger charge is -1.97. The summed E-state index contributed by atoms with van der Waals surface area (Å²) < 4.78 is 10.4. The molecule has 0 spiro atoms. The number of aromatic nitrogens is 3. The zero-order valence-corrected chi connectivity index (χ0v) is 10.3. The summed E-state index contributed by atoms with van der Waals surface area (Å²) in [7, 11) is 0. The Morgan fingerprint density at radius 2 is 1.94 bits per heavy atom. The minimum Gasteiger partial charge on any atom is -0.425 e. The van der Waals surface area contributed by atoms with Gasteiger partial charge in [0.1, 0.15) is 5.76 Å². The van der Waals surface area contributed by atoms with Crippen molar-refractivity contribution in [1.29, 1.82) is 0 Å². The van der Waals surface area contributed by atoms with Crippen LogP contribution < -0.4 is 0 Å². The summed E-state index contributed by atoms with van der Waals surface area (Å²) >= 11 is 1.71. The summed E-state index contributed by atoms with van der Waals surface area (Å²) in [5.41, 5.74) is 2.10. The van der Waals surface area contributed by atoms with E-state index in [0.29, 0.717) is 17.5 Å². The number of nitrogens with zero attached hydrogens (tertiary/aromatic N) is 3. The second-order valence-corrected chi connectivity index (χ2v) is 4.50. The van der Waals surface area contributed by atoms with Crippen LogP contribution in [0.5, 0.6) is 0 Å². The largest absolute Gasteiger partial charge is 0.425 e. The van der Waals surface area contributed by atoms with Gasteiger partial charge in [-0.2, -0.15) is 0 Å². The third-order valence-electron chi connectivity index (χ3n) is 2.22. The fourth-order valence-corrected chi connectivity index (χ4v) is 2.35. The molecule has 0 saturated heterocycles. The summed E-state index contributed by atoms with van der Waals surface area (Å²) in [6, 6.07) is 0. The molecular formula is C10H13N3O2S. The molecule has 16 heavy (non-hydrogen) atoms. The topological polar surface area (TPSA) is 65.0 Å². The van der Waals surface area contributed by atoms with Gasteiger partial charge in [0.2, 0.25) is 11.8 Å². The first-order valence-electron chi connectivity index (χ1n) is 4.95. The zero-order valence-electron chi connectivity index (χ0n) is 9.48. The smallest absolute Gasteiger partial charge is 0.226 e. The quantitative estimate of drug-likeness (QED) is 0.816. The van der Waals surface area contributed by atoms with Crippen molar-refractivity contribution in [2.24, 2.45) is 0 Å². The molecule has 86 valence electrons. The molecule has 2 aromatic heterocycles. The van der Waals surface area contributed by atoms with Crippen LogP contribution in [0.25, 0.3) is 0 Å². The van der Waals surface area contributed by atoms with Crippen molar-refractivity contribution in [3.63, 3.8) is 0 Å². The summed E-state index contributed by atoms with van der Waals surface area (Å²) in [6.45, 7) is 5.66. The molecule has 0 N–H and O–H groups in total. The molecule has 0 radical (unpaired) electrons. The van der Waals surface area contributed by atoms with Gasteiger partial charge in [-0.15, -0.1) is 22.0 Å². The summed E-state index contributed by atoms with van der Waals surface area (Å²) in [5.74, 6) is 3.71. The molecule has 0 unspecified atom stereocenters. The van der Waals surface area contributed by atoms with Gasteiger partial charge in [-0.3, -0.25) is 0 Å². The van der Waals surface area contributed by atoms with Crippen molar-refractivity contribution in [3.05, 3.63) is 28.8 Å². The highest BCUT2D eigenvalue weighted by Gasteiger charge is 2.09. The van der Waals surface area contributed by atoms with E-state index in [4.69, 9.17) is 8.94 Å². The van der Waals surface area contributed by atoms with E-state index >= 15 is 0 Å². The van der Waals surface area contributed by atoms with E-state index in [0.717, 1.165) is 22.8 Å². The summed E-state index contributed by atoms with van der Waals surface area (Å²) in [5, 5.41) is 11.6. The fourth-order valence-electron chi connectivity index (χ4n) is 1.34. The molecule has 0 aliphatic rings. The van der Waals surface area contributed by atoms with Gasteiger partial charge < -0.3 is 8.94 Å². The van der Waals surface area contributed by atoms with Crippen LogP contribution in [0.15, 0.2) is 8.94 Å². The Bertz CT molecular complexity index is 459. The molecule has 0 fully saturated rings. The lowest BCUT2D eigenvalue weighted by Crippen LogP contribution is -1.87. The SMILES string of the molecule is Cc1nnc(CSCc2c(C)noc2C)o1. The maximum absolute atomic E-state index is 5.28. The predicted molar refractivity (Wildman–Crippen MR) is 60.0 cm³/mol. The van der Waals surface area contributed by atoms with Crippen LogP contribution in [0.3, 0.4) is 0 Å². The van der Waals surface area contributed by atoms with Gasteiger partial charge in [0, 0.05) is 18.2 Å². The summed E-state index contributed by atoms with van der Waals surface area (Å²) in [4.78, 5) is 0. The van der Waals surface area contributed by atoms with Gasteiger partial charge in [0.25, 0.3) is 0 Å². The highest BCUT2D eigenvalue weighted by Crippen LogP contribution is 2.21. The van der Waals surface area contributed by atoms with Crippen LogP contribution in [0.2, 0.25) is 0 Å². The van der Waals surface area contributed by atoms with Crippen molar-refractivity contribution in [2.75, 3.05) is 0 Å². The van der Waals surface area contributed by atoms with Crippen molar-refractivity contribution >= 4 is 11.8 Å². The molecule has 2 heterocycles. The number of thioether (sulfide) groups is 1. The van der Waals surface area contributed by atoms with Gasteiger partial charge in [-0.25, -0.2) is 0 Å². The first-order chi connectivity index (χ1) is 7.66. The van der Waals surface area contributed by atoms with Gasteiger partial charge in [-0.05, 0) is 13.8 Å². The van der Waals surface area contributed by atoms with Crippen LogP contribution in [-0.4, -0.2) is 15.4 Å². The fraction of sp³-hybridized carbons (Fsp3) is 0.500. The Kier molecular flexibility index (Phi) is 3.28. The molecule has 0 bridgehead atoms. The Labute approximate surface area is 97.6 Å². The highest BCUT2D eigenvalue weighted by molar-refractivity contribution is 7.97. The molecule has 0 atom stereocenters. The maximum atomic E-state index is 5.28. The minimum atomic E-state index is 0.605. The van der Waals surface area contributed by atoms with Crippen molar-refractivity contribution in [3.8, 4) is 0 Å². The van der Waals surface area contributed by atoms with E-state index < -0.39 is 0 Å². The zero-order chi connectivity index (χ0) is 11.5. The highest BCUT2D eigenvalue weighted by atomic mass is 32.2. The lowest BCUT2D eigenvalue weighted by atomic mass is 10.2.